The highest BCUT2D eigenvalue weighted by atomic mass is 15.0. The molecule has 0 radical (unpaired) electrons. The van der Waals surface area contributed by atoms with Gasteiger partial charge in [-0.25, -0.2) is 4.98 Å². The first-order valence-corrected chi connectivity index (χ1v) is 8.82. The number of nitrogens with one attached hydrogen (secondary N) is 2. The number of imidazole rings is 1. The first kappa shape index (κ1) is 16.1. The van der Waals surface area contributed by atoms with E-state index in [1.165, 1.54) is 37.2 Å². The first-order chi connectivity index (χ1) is 11.3. The van der Waals surface area contributed by atoms with E-state index in [4.69, 9.17) is 0 Å². The van der Waals surface area contributed by atoms with Crippen molar-refractivity contribution >= 4 is 5.69 Å². The Morgan fingerprint density at radius 1 is 1.17 bits per heavy atom. The minimum atomic E-state index is 0.615. The highest BCUT2D eigenvalue weighted by Crippen LogP contribution is 2.31. The van der Waals surface area contributed by atoms with Crippen molar-refractivity contribution in [2.75, 3.05) is 18.4 Å². The van der Waals surface area contributed by atoms with E-state index in [2.05, 4.69) is 57.7 Å². The van der Waals surface area contributed by atoms with E-state index in [1.54, 1.807) is 0 Å². The lowest BCUT2D eigenvalue weighted by atomic mass is 9.85. The molecule has 0 aliphatic heterocycles. The molecule has 2 aromatic rings. The molecule has 1 heterocycles. The Bertz CT molecular complexity index is 578. The number of hydrogen-bond acceptors (Lipinski definition) is 3. The van der Waals surface area contributed by atoms with E-state index >= 15 is 0 Å². The maximum atomic E-state index is 4.54. The third kappa shape index (κ3) is 4.58. The second-order valence-electron chi connectivity index (χ2n) is 6.56. The minimum absolute atomic E-state index is 0.615. The molecule has 0 amide bonds. The fourth-order valence-electron chi connectivity index (χ4n) is 3.56. The van der Waals surface area contributed by atoms with Gasteiger partial charge >= 0.3 is 0 Å². The summed E-state index contributed by atoms with van der Waals surface area (Å²) in [5.41, 5.74) is 1.21. The number of hydrogen-bond donors (Lipinski definition) is 2. The predicted octanol–water partition coefficient (Wildman–Crippen LogP) is 3.54. The number of anilines is 1. The van der Waals surface area contributed by atoms with Crippen LogP contribution in [0.5, 0.6) is 0 Å². The molecule has 0 spiro atoms. The summed E-state index contributed by atoms with van der Waals surface area (Å²) in [6.45, 7) is 2.10. The predicted molar refractivity (Wildman–Crippen MR) is 95.8 cm³/mol. The Balaban J connectivity index is 1.36. The summed E-state index contributed by atoms with van der Waals surface area (Å²) in [7, 11) is 2.11. The van der Waals surface area contributed by atoms with Gasteiger partial charge in [-0.15, -0.1) is 0 Å². The lowest BCUT2D eigenvalue weighted by Crippen LogP contribution is -2.35. The Morgan fingerprint density at radius 2 is 2.04 bits per heavy atom. The standard InChI is InChI=1S/C19H28N4/c1-23-14-13-22-19(23)16-7-5-10-18(15-16)21-12-6-11-20-17-8-3-2-4-9-17/h2-4,8-9,13-14,16,18,20-21H,5-7,10-12,15H2,1H3. The molecule has 1 aromatic carbocycles. The molecule has 0 saturated heterocycles. The molecule has 4 nitrogen and oxygen atoms in total. The van der Waals surface area contributed by atoms with Crippen LogP contribution in [0.1, 0.15) is 43.8 Å². The van der Waals surface area contributed by atoms with Gasteiger partial charge in [0.25, 0.3) is 0 Å². The number of para-hydroxylation sites is 1. The van der Waals surface area contributed by atoms with E-state index in [0.717, 1.165) is 19.5 Å². The van der Waals surface area contributed by atoms with Gasteiger partial charge in [0.2, 0.25) is 0 Å². The molecular formula is C19H28N4. The van der Waals surface area contributed by atoms with Crippen molar-refractivity contribution in [2.24, 2.45) is 7.05 Å². The van der Waals surface area contributed by atoms with Gasteiger partial charge in [-0.05, 0) is 44.4 Å². The van der Waals surface area contributed by atoms with Gasteiger partial charge in [0.1, 0.15) is 5.82 Å². The number of aryl methyl sites for hydroxylation is 1. The average molecular weight is 312 g/mol. The Labute approximate surface area is 139 Å². The monoisotopic (exact) mass is 312 g/mol. The van der Waals surface area contributed by atoms with Crippen LogP contribution in [0, 0.1) is 0 Å². The van der Waals surface area contributed by atoms with Gasteiger partial charge < -0.3 is 15.2 Å². The van der Waals surface area contributed by atoms with E-state index in [1.807, 2.05) is 12.3 Å². The fraction of sp³-hybridized carbons (Fsp3) is 0.526. The van der Waals surface area contributed by atoms with Crippen LogP contribution in [-0.2, 0) is 7.05 Å². The molecule has 2 atom stereocenters. The average Bonchev–Trinajstić information content (AvgIpc) is 3.02. The Hall–Kier alpha value is -1.81. The summed E-state index contributed by atoms with van der Waals surface area (Å²) < 4.78 is 2.18. The fourth-order valence-corrected chi connectivity index (χ4v) is 3.56. The van der Waals surface area contributed by atoms with Crippen LogP contribution in [0.2, 0.25) is 0 Å². The Morgan fingerprint density at radius 3 is 2.83 bits per heavy atom. The summed E-state index contributed by atoms with van der Waals surface area (Å²) >= 11 is 0. The van der Waals surface area contributed by atoms with Crippen molar-refractivity contribution in [1.29, 1.82) is 0 Å². The molecule has 1 saturated carbocycles. The van der Waals surface area contributed by atoms with Crippen molar-refractivity contribution in [3.05, 3.63) is 48.5 Å². The van der Waals surface area contributed by atoms with Crippen LogP contribution in [0.4, 0.5) is 5.69 Å². The Kier molecular flexibility index (Phi) is 5.70. The minimum Gasteiger partial charge on any atom is -0.385 e. The lowest BCUT2D eigenvalue weighted by molar-refractivity contribution is 0.329. The maximum absolute atomic E-state index is 4.54. The molecule has 1 aromatic heterocycles. The first-order valence-electron chi connectivity index (χ1n) is 8.82. The van der Waals surface area contributed by atoms with Crippen molar-refractivity contribution in [2.45, 2.75) is 44.1 Å². The second kappa shape index (κ2) is 8.16. The van der Waals surface area contributed by atoms with Gasteiger partial charge in [0, 0.05) is 43.6 Å². The van der Waals surface area contributed by atoms with Crippen LogP contribution in [0.3, 0.4) is 0 Å². The van der Waals surface area contributed by atoms with Gasteiger partial charge in [0.15, 0.2) is 0 Å². The zero-order valence-electron chi connectivity index (χ0n) is 14.0. The van der Waals surface area contributed by atoms with Crippen molar-refractivity contribution in [3.63, 3.8) is 0 Å². The summed E-state index contributed by atoms with van der Waals surface area (Å²) in [5.74, 6) is 1.87. The molecule has 2 N–H and O–H groups in total. The van der Waals surface area contributed by atoms with E-state index in [9.17, 15) is 0 Å². The SMILES string of the molecule is Cn1ccnc1C1CCCC(NCCCNc2ccccc2)C1. The molecule has 4 heteroatoms. The number of aromatic nitrogens is 2. The van der Waals surface area contributed by atoms with Crippen molar-refractivity contribution in [1.82, 2.24) is 14.9 Å². The third-order valence-electron chi connectivity index (χ3n) is 4.79. The van der Waals surface area contributed by atoms with Crippen molar-refractivity contribution < 1.29 is 0 Å². The molecule has 23 heavy (non-hydrogen) atoms. The van der Waals surface area contributed by atoms with Crippen LogP contribution in [0.25, 0.3) is 0 Å². The van der Waals surface area contributed by atoms with Gasteiger partial charge in [0.05, 0.1) is 0 Å². The van der Waals surface area contributed by atoms with Crippen LogP contribution in [-0.4, -0.2) is 28.7 Å². The largest absolute Gasteiger partial charge is 0.385 e. The zero-order valence-corrected chi connectivity index (χ0v) is 14.0. The molecule has 3 rings (SSSR count). The molecule has 1 fully saturated rings. The number of benzene rings is 1. The molecule has 124 valence electrons. The van der Waals surface area contributed by atoms with Gasteiger partial charge in [-0.3, -0.25) is 0 Å². The molecular weight excluding hydrogens is 284 g/mol. The van der Waals surface area contributed by atoms with Gasteiger partial charge in [-0.2, -0.15) is 0 Å². The van der Waals surface area contributed by atoms with Crippen LogP contribution in [0.15, 0.2) is 42.7 Å². The van der Waals surface area contributed by atoms with Gasteiger partial charge in [-0.1, -0.05) is 24.6 Å². The van der Waals surface area contributed by atoms with Crippen molar-refractivity contribution in [3.8, 4) is 0 Å². The maximum Gasteiger partial charge on any atom is 0.111 e. The van der Waals surface area contributed by atoms with Crippen LogP contribution >= 0.6 is 0 Å². The smallest absolute Gasteiger partial charge is 0.111 e. The summed E-state index contributed by atoms with van der Waals surface area (Å²) in [4.78, 5) is 4.54. The number of nitrogens with zero attached hydrogens (tertiary/aromatic N) is 2. The van der Waals surface area contributed by atoms with E-state index in [0.29, 0.717) is 12.0 Å². The second-order valence-corrected chi connectivity index (χ2v) is 6.56. The number of rotatable bonds is 7. The summed E-state index contributed by atoms with van der Waals surface area (Å²) in [5, 5.41) is 7.21. The molecule has 1 aliphatic carbocycles. The third-order valence-corrected chi connectivity index (χ3v) is 4.79. The highest BCUT2D eigenvalue weighted by molar-refractivity contribution is 5.42. The quantitative estimate of drug-likeness (QED) is 0.769. The van der Waals surface area contributed by atoms with E-state index < -0.39 is 0 Å². The normalized spacial score (nSPS) is 21.3. The summed E-state index contributed by atoms with van der Waals surface area (Å²) in [6, 6.07) is 11.1. The lowest BCUT2D eigenvalue weighted by Gasteiger charge is -2.29. The van der Waals surface area contributed by atoms with E-state index in [-0.39, 0.29) is 0 Å². The summed E-state index contributed by atoms with van der Waals surface area (Å²) in [6.07, 6.45) is 10.2. The molecule has 0 bridgehead atoms. The topological polar surface area (TPSA) is 41.9 Å². The molecule has 2 unspecified atom stereocenters. The highest BCUT2D eigenvalue weighted by Gasteiger charge is 2.25. The van der Waals surface area contributed by atoms with Crippen LogP contribution < -0.4 is 10.6 Å². The zero-order chi connectivity index (χ0) is 15.9. The molecule has 1 aliphatic rings.